The highest BCUT2D eigenvalue weighted by Gasteiger charge is 2.43. The Morgan fingerprint density at radius 2 is 1.89 bits per heavy atom. The molecule has 2 aromatic heterocycles. The second-order valence-corrected chi connectivity index (χ2v) is 7.26. The lowest BCUT2D eigenvalue weighted by atomic mass is 9.85. The van der Waals surface area contributed by atoms with Crippen LogP contribution in [0.5, 0.6) is 0 Å². The summed E-state index contributed by atoms with van der Waals surface area (Å²) in [6.45, 7) is 3.21. The quantitative estimate of drug-likeness (QED) is 0.761. The zero-order valence-electron chi connectivity index (χ0n) is 15.1. The number of likely N-dealkylation sites (tertiary alicyclic amines) is 1. The molecule has 1 N–H and O–H groups in total. The summed E-state index contributed by atoms with van der Waals surface area (Å²) in [5, 5.41) is 3.70. The number of carbonyl (C=O) groups excluding carboxylic acids is 1. The van der Waals surface area contributed by atoms with E-state index in [4.69, 9.17) is 9.40 Å². The van der Waals surface area contributed by atoms with Crippen molar-refractivity contribution in [3.05, 3.63) is 66.5 Å². The molecule has 138 valence electrons. The number of carbonyl (C=O) groups is 1. The fourth-order valence-electron chi connectivity index (χ4n) is 4.36. The number of nitrogens with one attached hydrogen (secondary N) is 1. The first kappa shape index (κ1) is 16.3. The van der Waals surface area contributed by atoms with Gasteiger partial charge < -0.3 is 19.2 Å². The molecule has 2 aliphatic rings. The molecule has 0 saturated carbocycles. The van der Waals surface area contributed by atoms with Crippen LogP contribution in [0.3, 0.4) is 0 Å². The van der Waals surface area contributed by atoms with Crippen LogP contribution in [0.15, 0.2) is 59.3 Å². The highest BCUT2D eigenvalue weighted by molar-refractivity contribution is 5.91. The van der Waals surface area contributed by atoms with Gasteiger partial charge >= 0.3 is 0 Å². The molecule has 1 spiro atoms. The average molecular weight is 362 g/mol. The zero-order chi connectivity index (χ0) is 18.3. The third kappa shape index (κ3) is 2.68. The summed E-state index contributed by atoms with van der Waals surface area (Å²) in [7, 11) is 0. The summed E-state index contributed by atoms with van der Waals surface area (Å²) >= 11 is 0. The van der Waals surface area contributed by atoms with Crippen molar-refractivity contribution < 1.29 is 9.21 Å². The standard InChI is InChI=1S/C21H22N4O2/c26-19(18-7-4-14-27-18)24-11-8-21(9-12-24)20-22-15-17(25(20)13-10-23-21)16-5-2-1-3-6-16/h1-7,14-15,23H,8-13H2. The van der Waals surface area contributed by atoms with E-state index >= 15 is 0 Å². The summed E-state index contributed by atoms with van der Waals surface area (Å²) in [4.78, 5) is 19.2. The first-order valence-corrected chi connectivity index (χ1v) is 9.46. The third-order valence-corrected chi connectivity index (χ3v) is 5.79. The number of furan rings is 1. The Labute approximate surface area is 157 Å². The minimum atomic E-state index is -0.161. The molecule has 0 radical (unpaired) electrons. The Morgan fingerprint density at radius 1 is 1.07 bits per heavy atom. The number of amides is 1. The van der Waals surface area contributed by atoms with E-state index in [1.54, 1.807) is 18.4 Å². The molecule has 0 bridgehead atoms. The third-order valence-electron chi connectivity index (χ3n) is 5.79. The lowest BCUT2D eigenvalue weighted by Gasteiger charge is -2.44. The van der Waals surface area contributed by atoms with Crippen molar-refractivity contribution >= 4 is 5.91 Å². The molecule has 0 aliphatic carbocycles. The van der Waals surface area contributed by atoms with E-state index in [-0.39, 0.29) is 11.4 Å². The number of nitrogens with zero attached hydrogens (tertiary/aromatic N) is 3. The summed E-state index contributed by atoms with van der Waals surface area (Å²) in [6.07, 6.45) is 5.23. The maximum atomic E-state index is 12.6. The molecule has 1 saturated heterocycles. The second kappa shape index (κ2) is 6.39. The number of aromatic nitrogens is 2. The van der Waals surface area contributed by atoms with Crippen molar-refractivity contribution in [2.45, 2.75) is 24.9 Å². The van der Waals surface area contributed by atoms with Crippen LogP contribution in [0.1, 0.15) is 29.2 Å². The van der Waals surface area contributed by atoms with E-state index in [0.29, 0.717) is 18.8 Å². The molecule has 0 unspecified atom stereocenters. The van der Waals surface area contributed by atoms with Gasteiger partial charge in [0.15, 0.2) is 5.76 Å². The van der Waals surface area contributed by atoms with Crippen LogP contribution < -0.4 is 5.32 Å². The molecule has 6 nitrogen and oxygen atoms in total. The molecule has 2 aliphatic heterocycles. The minimum absolute atomic E-state index is 0.0287. The lowest BCUT2D eigenvalue weighted by Crippen LogP contribution is -2.56. The summed E-state index contributed by atoms with van der Waals surface area (Å²) in [5.41, 5.74) is 2.20. The van der Waals surface area contributed by atoms with Gasteiger partial charge in [-0.2, -0.15) is 0 Å². The average Bonchev–Trinajstić information content (AvgIpc) is 3.40. The van der Waals surface area contributed by atoms with Gasteiger partial charge in [-0.1, -0.05) is 30.3 Å². The van der Waals surface area contributed by atoms with Gasteiger partial charge in [-0.15, -0.1) is 0 Å². The van der Waals surface area contributed by atoms with Crippen molar-refractivity contribution in [2.24, 2.45) is 0 Å². The van der Waals surface area contributed by atoms with E-state index in [2.05, 4.69) is 34.1 Å². The van der Waals surface area contributed by atoms with Gasteiger partial charge in [0.25, 0.3) is 5.91 Å². The van der Waals surface area contributed by atoms with E-state index in [1.807, 2.05) is 17.2 Å². The van der Waals surface area contributed by atoms with Gasteiger partial charge in [-0.3, -0.25) is 4.79 Å². The van der Waals surface area contributed by atoms with Gasteiger partial charge in [0.1, 0.15) is 5.82 Å². The number of benzene rings is 1. The van der Waals surface area contributed by atoms with Crippen LogP contribution in [0.25, 0.3) is 11.3 Å². The zero-order valence-corrected chi connectivity index (χ0v) is 15.1. The summed E-state index contributed by atoms with van der Waals surface area (Å²) < 4.78 is 7.61. The maximum absolute atomic E-state index is 12.6. The van der Waals surface area contributed by atoms with E-state index in [1.165, 1.54) is 11.3 Å². The van der Waals surface area contributed by atoms with Crippen molar-refractivity contribution in [3.8, 4) is 11.3 Å². The molecule has 27 heavy (non-hydrogen) atoms. The number of rotatable bonds is 2. The van der Waals surface area contributed by atoms with E-state index in [0.717, 1.165) is 31.8 Å². The number of imidazole rings is 1. The molecular weight excluding hydrogens is 340 g/mol. The summed E-state index contributed by atoms with van der Waals surface area (Å²) in [6, 6.07) is 13.9. The molecule has 5 rings (SSSR count). The highest BCUT2D eigenvalue weighted by Crippen LogP contribution is 2.37. The largest absolute Gasteiger partial charge is 0.459 e. The Hall–Kier alpha value is -2.86. The van der Waals surface area contributed by atoms with E-state index in [9.17, 15) is 4.79 Å². The lowest BCUT2D eigenvalue weighted by molar-refractivity contribution is 0.0577. The smallest absolute Gasteiger partial charge is 0.289 e. The van der Waals surface area contributed by atoms with Crippen LogP contribution in [0, 0.1) is 0 Å². The van der Waals surface area contributed by atoms with Crippen molar-refractivity contribution in [3.63, 3.8) is 0 Å². The summed E-state index contributed by atoms with van der Waals surface area (Å²) in [5.74, 6) is 1.48. The monoisotopic (exact) mass is 362 g/mol. The molecule has 3 aromatic rings. The molecular formula is C21H22N4O2. The second-order valence-electron chi connectivity index (χ2n) is 7.26. The van der Waals surface area contributed by atoms with Crippen LogP contribution in [0.2, 0.25) is 0 Å². The maximum Gasteiger partial charge on any atom is 0.289 e. The van der Waals surface area contributed by atoms with Crippen molar-refractivity contribution in [1.82, 2.24) is 19.8 Å². The molecule has 1 fully saturated rings. The predicted octanol–water partition coefficient (Wildman–Crippen LogP) is 2.88. The SMILES string of the molecule is O=C(c1ccco1)N1CCC2(CC1)NCCn1c(-c3ccccc3)cnc12. The van der Waals surface area contributed by atoms with Crippen LogP contribution in [-0.2, 0) is 12.1 Å². The molecule has 0 atom stereocenters. The molecule has 6 heteroatoms. The first-order chi connectivity index (χ1) is 13.3. The molecule has 1 amide bonds. The Kier molecular flexibility index (Phi) is 3.86. The van der Waals surface area contributed by atoms with Gasteiger partial charge in [-0.25, -0.2) is 4.98 Å². The van der Waals surface area contributed by atoms with E-state index < -0.39 is 0 Å². The predicted molar refractivity (Wildman–Crippen MR) is 101 cm³/mol. The highest BCUT2D eigenvalue weighted by atomic mass is 16.3. The Bertz CT molecular complexity index is 938. The number of fused-ring (bicyclic) bond motifs is 2. The fourth-order valence-corrected chi connectivity index (χ4v) is 4.36. The van der Waals surface area contributed by atoms with Crippen LogP contribution in [0.4, 0.5) is 0 Å². The Balaban J connectivity index is 1.40. The number of hydrogen-bond donors (Lipinski definition) is 1. The molecule has 4 heterocycles. The Morgan fingerprint density at radius 3 is 2.63 bits per heavy atom. The van der Waals surface area contributed by atoms with Crippen LogP contribution in [-0.4, -0.2) is 40.0 Å². The molecule has 1 aromatic carbocycles. The van der Waals surface area contributed by atoms with Gasteiger partial charge in [0.05, 0.1) is 23.7 Å². The fraction of sp³-hybridized carbons (Fsp3) is 0.333. The van der Waals surface area contributed by atoms with Crippen molar-refractivity contribution in [1.29, 1.82) is 0 Å². The van der Waals surface area contributed by atoms with Crippen molar-refractivity contribution in [2.75, 3.05) is 19.6 Å². The minimum Gasteiger partial charge on any atom is -0.459 e. The van der Waals surface area contributed by atoms with Gasteiger partial charge in [-0.05, 0) is 30.5 Å². The van der Waals surface area contributed by atoms with Crippen LogP contribution >= 0.6 is 0 Å². The van der Waals surface area contributed by atoms with Gasteiger partial charge in [0, 0.05) is 26.2 Å². The van der Waals surface area contributed by atoms with Gasteiger partial charge in [0.2, 0.25) is 0 Å². The normalized spacial score (nSPS) is 18.4. The topological polar surface area (TPSA) is 63.3 Å². The number of hydrogen-bond acceptors (Lipinski definition) is 4. The first-order valence-electron chi connectivity index (χ1n) is 9.46. The number of piperidine rings is 1.